The zero-order chi connectivity index (χ0) is 8.85. The van der Waals surface area contributed by atoms with Crippen molar-refractivity contribution in [3.05, 3.63) is 0 Å². The summed E-state index contributed by atoms with van der Waals surface area (Å²) in [6.45, 7) is 0.553. The molecule has 11 heavy (non-hydrogen) atoms. The molecule has 0 saturated heterocycles. The first-order valence-corrected chi connectivity index (χ1v) is 3.69. The minimum absolute atomic E-state index is 0.390. The van der Waals surface area contributed by atoms with Gasteiger partial charge in [0, 0.05) is 0 Å². The summed E-state index contributed by atoms with van der Waals surface area (Å²) >= 11 is 0. The number of likely N-dealkylation sites (N-methyl/N-ethyl adjacent to an activating group) is 1. The molecule has 0 aliphatic carbocycles. The number of hydrogen-bond acceptors (Lipinski definition) is 3. The summed E-state index contributed by atoms with van der Waals surface area (Å²) in [5.41, 5.74) is 5.27. The van der Waals surface area contributed by atoms with E-state index in [1.54, 1.807) is 19.0 Å². The Morgan fingerprint density at radius 1 is 1.64 bits per heavy atom. The monoisotopic (exact) mass is 160 g/mol. The maximum absolute atomic E-state index is 10.6. The first kappa shape index (κ1) is 10.4. The average molecular weight is 160 g/mol. The predicted octanol–water partition coefficient (Wildman–Crippen LogP) is -0.260. The van der Waals surface area contributed by atoms with E-state index in [0.717, 1.165) is 6.42 Å². The van der Waals surface area contributed by atoms with Crippen molar-refractivity contribution in [1.29, 1.82) is 0 Å². The first-order chi connectivity index (χ1) is 5.09. The number of nitrogens with zero attached hydrogens (tertiary/aromatic N) is 1. The van der Waals surface area contributed by atoms with E-state index < -0.39 is 12.0 Å². The van der Waals surface area contributed by atoms with Crippen LogP contribution in [-0.4, -0.2) is 42.7 Å². The van der Waals surface area contributed by atoms with Crippen LogP contribution in [0.15, 0.2) is 0 Å². The van der Waals surface area contributed by atoms with Crippen molar-refractivity contribution in [2.24, 2.45) is 5.73 Å². The molecule has 0 aromatic carbocycles. The van der Waals surface area contributed by atoms with E-state index in [-0.39, 0.29) is 0 Å². The van der Waals surface area contributed by atoms with Crippen molar-refractivity contribution in [3.8, 4) is 0 Å². The van der Waals surface area contributed by atoms with Crippen molar-refractivity contribution in [1.82, 2.24) is 4.90 Å². The predicted molar refractivity (Wildman–Crippen MR) is 43.4 cm³/mol. The van der Waals surface area contributed by atoms with Gasteiger partial charge < -0.3 is 10.8 Å². The SMILES string of the molecule is CN(C)[C@H](CCCN)C(=O)O. The third kappa shape index (κ3) is 3.95. The van der Waals surface area contributed by atoms with Gasteiger partial charge in [-0.3, -0.25) is 9.69 Å². The van der Waals surface area contributed by atoms with E-state index in [1.807, 2.05) is 0 Å². The number of rotatable bonds is 5. The van der Waals surface area contributed by atoms with E-state index in [1.165, 1.54) is 0 Å². The number of carbonyl (C=O) groups is 1. The lowest BCUT2D eigenvalue weighted by Gasteiger charge is -2.19. The second-order valence-corrected chi connectivity index (χ2v) is 2.75. The van der Waals surface area contributed by atoms with Crippen molar-refractivity contribution >= 4 is 5.97 Å². The molecule has 0 heterocycles. The molecule has 3 N–H and O–H groups in total. The lowest BCUT2D eigenvalue weighted by Crippen LogP contribution is -2.35. The van der Waals surface area contributed by atoms with Crippen LogP contribution in [0.3, 0.4) is 0 Å². The number of carboxylic acids is 1. The van der Waals surface area contributed by atoms with Gasteiger partial charge in [0.15, 0.2) is 0 Å². The van der Waals surface area contributed by atoms with Gasteiger partial charge in [0.1, 0.15) is 6.04 Å². The molecule has 0 fully saturated rings. The van der Waals surface area contributed by atoms with Gasteiger partial charge in [-0.05, 0) is 33.5 Å². The third-order valence-electron chi connectivity index (χ3n) is 1.59. The molecule has 0 aromatic heterocycles. The molecule has 1 atom stereocenters. The summed E-state index contributed by atoms with van der Waals surface area (Å²) in [6.07, 6.45) is 1.38. The second-order valence-electron chi connectivity index (χ2n) is 2.75. The minimum atomic E-state index is -0.775. The van der Waals surface area contributed by atoms with Crippen LogP contribution >= 0.6 is 0 Å². The minimum Gasteiger partial charge on any atom is -0.480 e. The Morgan fingerprint density at radius 3 is 2.45 bits per heavy atom. The summed E-state index contributed by atoms with van der Waals surface area (Å²) in [7, 11) is 3.52. The molecular formula is C7H16N2O2. The Morgan fingerprint density at radius 2 is 2.18 bits per heavy atom. The standard InChI is InChI=1S/C7H16N2O2/c1-9(2)6(7(10)11)4-3-5-8/h6H,3-5,8H2,1-2H3,(H,10,11)/t6-/m1/s1. The summed E-state index contributed by atoms with van der Waals surface area (Å²) in [5, 5.41) is 8.69. The molecule has 0 radical (unpaired) electrons. The molecule has 0 saturated carbocycles. The molecule has 4 heteroatoms. The Labute approximate surface area is 67.0 Å². The molecule has 0 spiro atoms. The van der Waals surface area contributed by atoms with Crippen LogP contribution in [0.4, 0.5) is 0 Å². The van der Waals surface area contributed by atoms with Crippen molar-refractivity contribution in [2.75, 3.05) is 20.6 Å². The molecule has 0 bridgehead atoms. The van der Waals surface area contributed by atoms with Gasteiger partial charge in [-0.15, -0.1) is 0 Å². The Bertz CT molecular complexity index is 126. The fourth-order valence-corrected chi connectivity index (χ4v) is 0.914. The zero-order valence-corrected chi connectivity index (χ0v) is 7.08. The largest absolute Gasteiger partial charge is 0.480 e. The van der Waals surface area contributed by atoms with E-state index >= 15 is 0 Å². The zero-order valence-electron chi connectivity index (χ0n) is 7.08. The smallest absolute Gasteiger partial charge is 0.320 e. The Kier molecular flexibility index (Phi) is 4.81. The highest BCUT2D eigenvalue weighted by molar-refractivity contribution is 5.73. The van der Waals surface area contributed by atoms with Crippen LogP contribution in [0.25, 0.3) is 0 Å². The number of nitrogens with two attached hydrogens (primary N) is 1. The van der Waals surface area contributed by atoms with Gasteiger partial charge in [0.05, 0.1) is 0 Å². The van der Waals surface area contributed by atoms with Gasteiger partial charge in [-0.25, -0.2) is 0 Å². The van der Waals surface area contributed by atoms with Gasteiger partial charge in [-0.1, -0.05) is 0 Å². The summed E-state index contributed by atoms with van der Waals surface area (Å²) in [5.74, 6) is -0.775. The molecule has 0 aliphatic rings. The third-order valence-corrected chi connectivity index (χ3v) is 1.59. The van der Waals surface area contributed by atoms with Crippen molar-refractivity contribution < 1.29 is 9.90 Å². The fraction of sp³-hybridized carbons (Fsp3) is 0.857. The summed E-state index contributed by atoms with van der Waals surface area (Å²) in [6, 6.07) is -0.390. The highest BCUT2D eigenvalue weighted by atomic mass is 16.4. The number of aliphatic carboxylic acids is 1. The maximum Gasteiger partial charge on any atom is 0.320 e. The molecule has 0 amide bonds. The van der Waals surface area contributed by atoms with E-state index in [9.17, 15) is 4.79 Å². The van der Waals surface area contributed by atoms with Crippen LogP contribution in [-0.2, 0) is 4.79 Å². The van der Waals surface area contributed by atoms with Crippen LogP contribution in [0.1, 0.15) is 12.8 Å². The normalized spacial score (nSPS) is 13.5. The molecule has 0 aromatic rings. The highest BCUT2D eigenvalue weighted by Gasteiger charge is 2.18. The van der Waals surface area contributed by atoms with Crippen molar-refractivity contribution in [2.45, 2.75) is 18.9 Å². The Balaban J connectivity index is 3.80. The number of carboxylic acid groups (broad SMARTS) is 1. The van der Waals surface area contributed by atoms with Crippen molar-refractivity contribution in [3.63, 3.8) is 0 Å². The molecule has 4 nitrogen and oxygen atoms in total. The topological polar surface area (TPSA) is 66.6 Å². The average Bonchev–Trinajstić information content (AvgIpc) is 1.87. The molecule has 0 unspecified atom stereocenters. The van der Waals surface area contributed by atoms with Crippen LogP contribution in [0, 0.1) is 0 Å². The molecule has 0 rings (SSSR count). The van der Waals surface area contributed by atoms with Gasteiger partial charge in [0.2, 0.25) is 0 Å². The Hall–Kier alpha value is -0.610. The summed E-state index contributed by atoms with van der Waals surface area (Å²) in [4.78, 5) is 12.3. The van der Waals surface area contributed by atoms with E-state index in [2.05, 4.69) is 0 Å². The fourth-order valence-electron chi connectivity index (χ4n) is 0.914. The first-order valence-electron chi connectivity index (χ1n) is 3.69. The van der Waals surface area contributed by atoms with Gasteiger partial charge in [-0.2, -0.15) is 0 Å². The molecule has 0 aliphatic heterocycles. The molecular weight excluding hydrogens is 144 g/mol. The van der Waals surface area contributed by atoms with Gasteiger partial charge in [0.25, 0.3) is 0 Å². The number of hydrogen-bond donors (Lipinski definition) is 2. The lowest BCUT2D eigenvalue weighted by atomic mass is 10.1. The molecule has 66 valence electrons. The lowest BCUT2D eigenvalue weighted by molar-refractivity contribution is -0.142. The quantitative estimate of drug-likeness (QED) is 0.581. The van der Waals surface area contributed by atoms with E-state index in [0.29, 0.717) is 13.0 Å². The van der Waals surface area contributed by atoms with Gasteiger partial charge >= 0.3 is 5.97 Å². The highest BCUT2D eigenvalue weighted by Crippen LogP contribution is 2.01. The van der Waals surface area contributed by atoms with Crippen LogP contribution in [0.2, 0.25) is 0 Å². The van der Waals surface area contributed by atoms with E-state index in [4.69, 9.17) is 10.8 Å². The second kappa shape index (κ2) is 5.09. The van der Waals surface area contributed by atoms with Crippen LogP contribution in [0.5, 0.6) is 0 Å². The van der Waals surface area contributed by atoms with Crippen LogP contribution < -0.4 is 5.73 Å². The summed E-state index contributed by atoms with van der Waals surface area (Å²) < 4.78 is 0. The maximum atomic E-state index is 10.6.